The van der Waals surface area contributed by atoms with Crippen molar-refractivity contribution in [2.24, 2.45) is 0 Å². The summed E-state index contributed by atoms with van der Waals surface area (Å²) in [5.74, 6) is -1.57. The fourth-order valence-electron chi connectivity index (χ4n) is 1.92. The second-order valence-corrected chi connectivity index (χ2v) is 4.74. The van der Waals surface area contributed by atoms with Crippen molar-refractivity contribution in [1.82, 2.24) is 4.98 Å². The average molecular weight is 321 g/mol. The number of esters is 2. The number of pyridine rings is 1. The summed E-state index contributed by atoms with van der Waals surface area (Å²) in [4.78, 5) is 27.9. The topological polar surface area (TPSA) is 91.5 Å². The lowest BCUT2D eigenvalue weighted by Crippen LogP contribution is -2.16. The van der Waals surface area contributed by atoms with Gasteiger partial charge in [0.2, 0.25) is 0 Å². The van der Waals surface area contributed by atoms with Gasteiger partial charge in [-0.3, -0.25) is 0 Å². The molecule has 2 N–H and O–H groups in total. The van der Waals surface area contributed by atoms with Gasteiger partial charge in [0.15, 0.2) is 0 Å². The molecule has 0 atom stereocenters. The summed E-state index contributed by atoms with van der Waals surface area (Å²) in [5, 5.41) is 0.566. The van der Waals surface area contributed by atoms with E-state index in [1.807, 2.05) is 0 Å². The molecule has 0 saturated heterocycles. The van der Waals surface area contributed by atoms with Crippen molar-refractivity contribution in [2.75, 3.05) is 20.0 Å². The maximum atomic E-state index is 11.9. The highest BCUT2D eigenvalue weighted by Gasteiger charge is 2.24. The van der Waals surface area contributed by atoms with Gasteiger partial charge in [0.05, 0.1) is 25.5 Å². The van der Waals surface area contributed by atoms with E-state index in [4.69, 9.17) is 17.3 Å². The standard InChI is InChI=1S/C15H13ClN2O4/c1-21-14(19)10-7-11(8-3-5-9(16)6-4-8)18-13(17)12(10)15(20)22-2/h3-7H,1-2H3,(H2,17,18). The molecule has 7 heteroatoms. The van der Waals surface area contributed by atoms with E-state index in [0.717, 1.165) is 0 Å². The van der Waals surface area contributed by atoms with Crippen LogP contribution in [0.1, 0.15) is 20.7 Å². The Labute approximate surface area is 131 Å². The third kappa shape index (κ3) is 3.01. The van der Waals surface area contributed by atoms with Gasteiger partial charge in [0, 0.05) is 10.6 Å². The van der Waals surface area contributed by atoms with Crippen LogP contribution in [0, 0.1) is 0 Å². The summed E-state index contributed by atoms with van der Waals surface area (Å²) < 4.78 is 9.31. The summed E-state index contributed by atoms with van der Waals surface area (Å²) in [6.07, 6.45) is 0. The number of carbonyl (C=O) groups is 2. The highest BCUT2D eigenvalue weighted by Crippen LogP contribution is 2.26. The van der Waals surface area contributed by atoms with E-state index in [1.54, 1.807) is 24.3 Å². The molecule has 2 rings (SSSR count). The number of ether oxygens (including phenoxy) is 2. The molecular weight excluding hydrogens is 308 g/mol. The molecule has 1 aromatic carbocycles. The number of aromatic nitrogens is 1. The number of benzene rings is 1. The van der Waals surface area contributed by atoms with Crippen molar-refractivity contribution in [3.05, 3.63) is 46.5 Å². The van der Waals surface area contributed by atoms with Crippen LogP contribution in [0.15, 0.2) is 30.3 Å². The molecule has 0 aliphatic carbocycles. The zero-order valence-electron chi connectivity index (χ0n) is 11.9. The zero-order chi connectivity index (χ0) is 16.3. The van der Waals surface area contributed by atoms with Crippen LogP contribution in [0.2, 0.25) is 5.02 Å². The Morgan fingerprint density at radius 1 is 1.09 bits per heavy atom. The molecule has 22 heavy (non-hydrogen) atoms. The minimum Gasteiger partial charge on any atom is -0.465 e. The number of halogens is 1. The van der Waals surface area contributed by atoms with Crippen molar-refractivity contribution >= 4 is 29.4 Å². The molecule has 2 aromatic rings. The Balaban J connectivity index is 2.64. The highest BCUT2D eigenvalue weighted by atomic mass is 35.5. The van der Waals surface area contributed by atoms with Crippen LogP contribution < -0.4 is 5.73 Å². The number of rotatable bonds is 3. The maximum Gasteiger partial charge on any atom is 0.342 e. The molecular formula is C15H13ClN2O4. The smallest absolute Gasteiger partial charge is 0.342 e. The number of nitrogen functional groups attached to an aromatic ring is 1. The van der Waals surface area contributed by atoms with Gasteiger partial charge in [-0.25, -0.2) is 14.6 Å². The van der Waals surface area contributed by atoms with Gasteiger partial charge in [-0.1, -0.05) is 23.7 Å². The summed E-state index contributed by atoms with van der Waals surface area (Å²) in [5.41, 5.74) is 6.80. The van der Waals surface area contributed by atoms with E-state index in [-0.39, 0.29) is 16.9 Å². The Morgan fingerprint density at radius 3 is 2.23 bits per heavy atom. The van der Waals surface area contributed by atoms with Crippen LogP contribution in [0.5, 0.6) is 0 Å². The predicted molar refractivity (Wildman–Crippen MR) is 81.8 cm³/mol. The summed E-state index contributed by atoms with van der Waals surface area (Å²) in [7, 11) is 2.40. The van der Waals surface area contributed by atoms with Crippen LogP contribution in [-0.2, 0) is 9.47 Å². The average Bonchev–Trinajstić information content (AvgIpc) is 2.53. The summed E-state index contributed by atoms with van der Waals surface area (Å²) >= 11 is 5.84. The number of nitrogens with two attached hydrogens (primary N) is 1. The second-order valence-electron chi connectivity index (χ2n) is 4.31. The molecule has 0 fully saturated rings. The second kappa shape index (κ2) is 6.44. The normalized spacial score (nSPS) is 10.1. The molecule has 6 nitrogen and oxygen atoms in total. The molecule has 0 aliphatic heterocycles. The first kappa shape index (κ1) is 15.8. The van der Waals surface area contributed by atoms with Crippen molar-refractivity contribution in [3.63, 3.8) is 0 Å². The Morgan fingerprint density at radius 2 is 1.68 bits per heavy atom. The third-order valence-corrected chi connectivity index (χ3v) is 3.23. The Bertz CT molecular complexity index is 729. The van der Waals surface area contributed by atoms with Gasteiger partial charge >= 0.3 is 11.9 Å². The van der Waals surface area contributed by atoms with Gasteiger partial charge in [-0.05, 0) is 18.2 Å². The maximum absolute atomic E-state index is 11.9. The van der Waals surface area contributed by atoms with Gasteiger partial charge < -0.3 is 15.2 Å². The summed E-state index contributed by atoms with van der Waals surface area (Å²) in [6.45, 7) is 0. The van der Waals surface area contributed by atoms with E-state index >= 15 is 0 Å². The predicted octanol–water partition coefficient (Wildman–Crippen LogP) is 2.56. The molecule has 114 valence electrons. The first-order valence-corrected chi connectivity index (χ1v) is 6.58. The van der Waals surface area contributed by atoms with E-state index in [1.165, 1.54) is 20.3 Å². The van der Waals surface area contributed by atoms with Crippen LogP contribution >= 0.6 is 11.6 Å². The van der Waals surface area contributed by atoms with Crippen LogP contribution in [0.4, 0.5) is 5.82 Å². The van der Waals surface area contributed by atoms with Crippen LogP contribution in [0.25, 0.3) is 11.3 Å². The van der Waals surface area contributed by atoms with E-state index < -0.39 is 11.9 Å². The molecule has 1 aromatic heterocycles. The van der Waals surface area contributed by atoms with Crippen molar-refractivity contribution < 1.29 is 19.1 Å². The minimum atomic E-state index is -0.756. The SMILES string of the molecule is COC(=O)c1cc(-c2ccc(Cl)cc2)nc(N)c1C(=O)OC. The van der Waals surface area contributed by atoms with Gasteiger partial charge in [-0.15, -0.1) is 0 Å². The zero-order valence-corrected chi connectivity index (χ0v) is 12.7. The number of methoxy groups -OCH3 is 2. The van der Waals surface area contributed by atoms with Gasteiger partial charge in [0.25, 0.3) is 0 Å². The lowest BCUT2D eigenvalue weighted by atomic mass is 10.0. The Hall–Kier alpha value is -2.60. The molecule has 0 unspecified atom stereocenters. The van der Waals surface area contributed by atoms with Gasteiger partial charge in [-0.2, -0.15) is 0 Å². The number of nitrogens with zero attached hydrogens (tertiary/aromatic N) is 1. The fraction of sp³-hybridized carbons (Fsp3) is 0.133. The first-order chi connectivity index (χ1) is 10.5. The van der Waals surface area contributed by atoms with Crippen molar-refractivity contribution in [3.8, 4) is 11.3 Å². The summed E-state index contributed by atoms with van der Waals surface area (Å²) in [6, 6.07) is 8.24. The Kier molecular flexibility index (Phi) is 4.62. The van der Waals surface area contributed by atoms with Gasteiger partial charge in [0.1, 0.15) is 11.4 Å². The number of carbonyl (C=O) groups excluding carboxylic acids is 2. The number of hydrogen-bond donors (Lipinski definition) is 1. The first-order valence-electron chi connectivity index (χ1n) is 6.21. The molecule has 0 saturated carbocycles. The van der Waals surface area contributed by atoms with Crippen molar-refractivity contribution in [1.29, 1.82) is 0 Å². The molecule has 0 bridgehead atoms. The fourth-order valence-corrected chi connectivity index (χ4v) is 2.05. The molecule has 1 heterocycles. The molecule has 0 amide bonds. The third-order valence-electron chi connectivity index (χ3n) is 2.98. The van der Waals surface area contributed by atoms with Crippen molar-refractivity contribution in [2.45, 2.75) is 0 Å². The molecule has 0 radical (unpaired) electrons. The highest BCUT2D eigenvalue weighted by molar-refractivity contribution is 6.30. The number of hydrogen-bond acceptors (Lipinski definition) is 6. The van der Waals surface area contributed by atoms with Crippen LogP contribution in [-0.4, -0.2) is 31.1 Å². The van der Waals surface area contributed by atoms with E-state index in [0.29, 0.717) is 16.3 Å². The monoisotopic (exact) mass is 320 g/mol. The van der Waals surface area contributed by atoms with E-state index in [9.17, 15) is 9.59 Å². The number of anilines is 1. The largest absolute Gasteiger partial charge is 0.465 e. The lowest BCUT2D eigenvalue weighted by molar-refractivity contribution is 0.0556. The molecule has 0 aliphatic rings. The van der Waals surface area contributed by atoms with E-state index in [2.05, 4.69) is 14.5 Å². The quantitative estimate of drug-likeness (QED) is 0.874. The minimum absolute atomic E-state index is 0.00759. The van der Waals surface area contributed by atoms with Crippen LogP contribution in [0.3, 0.4) is 0 Å². The molecule has 0 spiro atoms. The lowest BCUT2D eigenvalue weighted by Gasteiger charge is -2.11.